The average molecular weight is 219 g/mol. The van der Waals surface area contributed by atoms with E-state index in [1.54, 1.807) is 0 Å². The second kappa shape index (κ2) is 4.48. The summed E-state index contributed by atoms with van der Waals surface area (Å²) in [5.41, 5.74) is 3.15. The van der Waals surface area contributed by atoms with Gasteiger partial charge in [0, 0.05) is 12.2 Å². The zero-order chi connectivity index (χ0) is 12.4. The van der Waals surface area contributed by atoms with Gasteiger partial charge < -0.3 is 5.32 Å². The predicted molar refractivity (Wildman–Crippen MR) is 73.1 cm³/mol. The molecule has 1 aromatic rings. The molecule has 0 amide bonds. The molecule has 1 N–H and O–H groups in total. The summed E-state index contributed by atoms with van der Waals surface area (Å²) in [7, 11) is 0. The van der Waals surface area contributed by atoms with Gasteiger partial charge in [0.1, 0.15) is 0 Å². The van der Waals surface area contributed by atoms with Crippen molar-refractivity contribution in [2.24, 2.45) is 5.41 Å². The average Bonchev–Trinajstić information content (AvgIpc) is 2.13. The highest BCUT2D eigenvalue weighted by molar-refractivity contribution is 5.45. The molecule has 1 heteroatoms. The van der Waals surface area contributed by atoms with Gasteiger partial charge in [0.2, 0.25) is 0 Å². The lowest BCUT2D eigenvalue weighted by Crippen LogP contribution is -2.19. The Labute approximate surface area is 100 Å². The van der Waals surface area contributed by atoms with Crippen LogP contribution < -0.4 is 5.32 Å². The molecule has 0 atom stereocenters. The van der Waals surface area contributed by atoms with Crippen LogP contribution in [0.1, 0.15) is 47.1 Å². The number of hydrogen-bond donors (Lipinski definition) is 1. The summed E-state index contributed by atoms with van der Waals surface area (Å²) in [5, 5.41) is 3.46. The molecule has 0 heterocycles. The van der Waals surface area contributed by atoms with Crippen molar-refractivity contribution >= 4 is 5.69 Å². The van der Waals surface area contributed by atoms with E-state index in [0.717, 1.165) is 6.54 Å². The first kappa shape index (κ1) is 13.1. The Kier molecular flexibility index (Phi) is 3.67. The van der Waals surface area contributed by atoms with Crippen LogP contribution in [0, 0.1) is 5.41 Å². The molecule has 1 aromatic carbocycles. The molecule has 0 aliphatic heterocycles. The van der Waals surface area contributed by atoms with Gasteiger partial charge in [-0.25, -0.2) is 0 Å². The maximum atomic E-state index is 3.46. The summed E-state index contributed by atoms with van der Waals surface area (Å²) in [6.45, 7) is 14.4. The van der Waals surface area contributed by atoms with E-state index in [9.17, 15) is 0 Å². The van der Waals surface area contributed by atoms with E-state index in [1.165, 1.54) is 11.3 Å². The predicted octanol–water partition coefficient (Wildman–Crippen LogP) is 4.44. The summed E-state index contributed by atoms with van der Waals surface area (Å²) in [6, 6.07) is 8.77. The van der Waals surface area contributed by atoms with Crippen LogP contribution in [-0.4, -0.2) is 6.54 Å². The Bertz CT molecular complexity index is 322. The molecule has 0 spiro atoms. The van der Waals surface area contributed by atoms with E-state index in [0.29, 0.717) is 5.41 Å². The summed E-state index contributed by atoms with van der Waals surface area (Å²) in [6.07, 6.45) is 0. The molecule has 0 unspecified atom stereocenters. The minimum atomic E-state index is 0.239. The molecule has 1 rings (SSSR count). The summed E-state index contributed by atoms with van der Waals surface area (Å²) in [4.78, 5) is 0. The van der Waals surface area contributed by atoms with Crippen LogP contribution in [0.4, 0.5) is 5.69 Å². The van der Waals surface area contributed by atoms with Crippen molar-refractivity contribution in [1.29, 1.82) is 0 Å². The van der Waals surface area contributed by atoms with Crippen molar-refractivity contribution < 1.29 is 0 Å². The van der Waals surface area contributed by atoms with Crippen LogP contribution >= 0.6 is 0 Å². The van der Waals surface area contributed by atoms with Gasteiger partial charge in [-0.2, -0.15) is 0 Å². The molecule has 0 radical (unpaired) electrons. The quantitative estimate of drug-likeness (QED) is 0.775. The largest absolute Gasteiger partial charge is 0.385 e. The van der Waals surface area contributed by atoms with Gasteiger partial charge in [-0.05, 0) is 28.5 Å². The molecule has 0 aliphatic rings. The Balaban J connectivity index is 2.66. The van der Waals surface area contributed by atoms with E-state index in [2.05, 4.69) is 71.1 Å². The second-order valence-electron chi connectivity index (χ2n) is 6.74. The van der Waals surface area contributed by atoms with Gasteiger partial charge in [-0.3, -0.25) is 0 Å². The first-order valence-corrected chi connectivity index (χ1v) is 6.03. The molecule has 90 valence electrons. The fraction of sp³-hybridized carbons (Fsp3) is 0.600. The topological polar surface area (TPSA) is 12.0 Å². The minimum absolute atomic E-state index is 0.239. The standard InChI is InChI=1S/C15H25N/c1-14(2,3)11-16-13-9-7-12(8-10-13)15(4,5)6/h7-10,16H,11H2,1-6H3. The Morgan fingerprint density at radius 3 is 1.75 bits per heavy atom. The second-order valence-corrected chi connectivity index (χ2v) is 6.74. The van der Waals surface area contributed by atoms with Crippen LogP contribution in [0.5, 0.6) is 0 Å². The Hall–Kier alpha value is -0.980. The number of rotatable bonds is 2. The number of hydrogen-bond acceptors (Lipinski definition) is 1. The summed E-state index contributed by atoms with van der Waals surface area (Å²) in [5.74, 6) is 0. The molecule has 1 nitrogen and oxygen atoms in total. The van der Waals surface area contributed by atoms with Crippen LogP contribution in [0.15, 0.2) is 24.3 Å². The van der Waals surface area contributed by atoms with Gasteiger partial charge in [0.15, 0.2) is 0 Å². The van der Waals surface area contributed by atoms with Crippen molar-refractivity contribution in [2.75, 3.05) is 11.9 Å². The first-order valence-electron chi connectivity index (χ1n) is 6.03. The maximum Gasteiger partial charge on any atom is 0.0340 e. The maximum absolute atomic E-state index is 3.46. The van der Waals surface area contributed by atoms with E-state index in [1.807, 2.05) is 0 Å². The van der Waals surface area contributed by atoms with Gasteiger partial charge >= 0.3 is 0 Å². The van der Waals surface area contributed by atoms with E-state index in [4.69, 9.17) is 0 Å². The third-order valence-corrected chi connectivity index (χ3v) is 2.57. The number of benzene rings is 1. The smallest absolute Gasteiger partial charge is 0.0340 e. The lowest BCUT2D eigenvalue weighted by atomic mass is 9.87. The molecule has 0 saturated heterocycles. The monoisotopic (exact) mass is 219 g/mol. The van der Waals surface area contributed by atoms with Gasteiger partial charge in [-0.1, -0.05) is 53.7 Å². The zero-order valence-corrected chi connectivity index (χ0v) is 11.5. The highest BCUT2D eigenvalue weighted by Gasteiger charge is 2.13. The van der Waals surface area contributed by atoms with Crippen molar-refractivity contribution in [3.8, 4) is 0 Å². The molecule has 0 bridgehead atoms. The van der Waals surface area contributed by atoms with Gasteiger partial charge in [0.05, 0.1) is 0 Å². The van der Waals surface area contributed by atoms with Crippen LogP contribution in [0.3, 0.4) is 0 Å². The van der Waals surface area contributed by atoms with Crippen molar-refractivity contribution in [1.82, 2.24) is 0 Å². The minimum Gasteiger partial charge on any atom is -0.385 e. The third kappa shape index (κ3) is 4.26. The SMILES string of the molecule is CC(C)(C)CNc1ccc(C(C)(C)C)cc1. The highest BCUT2D eigenvalue weighted by Crippen LogP contribution is 2.24. The molecular weight excluding hydrogens is 194 g/mol. The Morgan fingerprint density at radius 2 is 1.38 bits per heavy atom. The molecule has 0 fully saturated rings. The summed E-state index contributed by atoms with van der Waals surface area (Å²) >= 11 is 0. The van der Waals surface area contributed by atoms with Crippen LogP contribution in [0.25, 0.3) is 0 Å². The van der Waals surface area contributed by atoms with Crippen LogP contribution in [-0.2, 0) is 5.41 Å². The van der Waals surface area contributed by atoms with E-state index < -0.39 is 0 Å². The normalized spacial score (nSPS) is 12.6. The van der Waals surface area contributed by atoms with Gasteiger partial charge in [-0.15, -0.1) is 0 Å². The first-order chi connectivity index (χ1) is 7.18. The number of anilines is 1. The molecule has 0 saturated carbocycles. The van der Waals surface area contributed by atoms with E-state index in [-0.39, 0.29) is 5.41 Å². The number of nitrogens with one attached hydrogen (secondary N) is 1. The van der Waals surface area contributed by atoms with Crippen molar-refractivity contribution in [3.63, 3.8) is 0 Å². The van der Waals surface area contributed by atoms with Gasteiger partial charge in [0.25, 0.3) is 0 Å². The lowest BCUT2D eigenvalue weighted by molar-refractivity contribution is 0.443. The molecule has 0 aromatic heterocycles. The summed E-state index contributed by atoms with van der Waals surface area (Å²) < 4.78 is 0. The van der Waals surface area contributed by atoms with E-state index >= 15 is 0 Å². The van der Waals surface area contributed by atoms with Crippen LogP contribution in [0.2, 0.25) is 0 Å². The highest BCUT2D eigenvalue weighted by atomic mass is 14.9. The fourth-order valence-corrected chi connectivity index (χ4v) is 1.46. The van der Waals surface area contributed by atoms with Crippen molar-refractivity contribution in [3.05, 3.63) is 29.8 Å². The van der Waals surface area contributed by atoms with Crippen molar-refractivity contribution in [2.45, 2.75) is 47.0 Å². The molecule has 0 aliphatic carbocycles. The third-order valence-electron chi connectivity index (χ3n) is 2.57. The Morgan fingerprint density at radius 1 is 0.875 bits per heavy atom. The fourth-order valence-electron chi connectivity index (χ4n) is 1.46. The lowest BCUT2D eigenvalue weighted by Gasteiger charge is -2.21. The molecule has 16 heavy (non-hydrogen) atoms. The molecular formula is C15H25N. The zero-order valence-electron chi connectivity index (χ0n) is 11.5.